The smallest absolute Gasteiger partial charge is 0.148 e. The molecule has 0 aliphatic heterocycles. The molecule has 3 aromatic heterocycles. The third-order valence-corrected chi connectivity index (χ3v) is 11.0. The molecule has 5 nitrogen and oxygen atoms in total. The van der Waals surface area contributed by atoms with Crippen molar-refractivity contribution in [2.24, 2.45) is 0 Å². The number of aromatic hydroxyl groups is 1. The van der Waals surface area contributed by atoms with Gasteiger partial charge in [-0.1, -0.05) is 152 Å². The molecular formula is C51H36N3O2Pt-. The molecule has 6 heteroatoms. The van der Waals surface area contributed by atoms with Crippen LogP contribution in [0.25, 0.3) is 83.6 Å². The van der Waals surface area contributed by atoms with E-state index >= 15 is 0 Å². The predicted molar refractivity (Wildman–Crippen MR) is 227 cm³/mol. The molecule has 10 rings (SSSR count). The molecule has 57 heavy (non-hydrogen) atoms. The van der Waals surface area contributed by atoms with E-state index in [9.17, 15) is 5.11 Å². The number of furan rings is 1. The van der Waals surface area contributed by atoms with Gasteiger partial charge < -0.3 is 9.52 Å². The maximum Gasteiger partial charge on any atom is 0.148 e. The molecule has 0 unspecified atom stereocenters. The Hall–Kier alpha value is -6.55. The van der Waals surface area contributed by atoms with E-state index in [0.717, 1.165) is 72.2 Å². The van der Waals surface area contributed by atoms with Crippen molar-refractivity contribution in [1.29, 1.82) is 0 Å². The van der Waals surface area contributed by atoms with Crippen LogP contribution in [0.2, 0.25) is 0 Å². The van der Waals surface area contributed by atoms with Gasteiger partial charge in [0.1, 0.15) is 17.2 Å². The van der Waals surface area contributed by atoms with Gasteiger partial charge in [0.2, 0.25) is 0 Å². The van der Waals surface area contributed by atoms with E-state index in [1.54, 1.807) is 6.07 Å². The van der Waals surface area contributed by atoms with Gasteiger partial charge in [0, 0.05) is 44.1 Å². The SMILES string of the molecule is CC(C)(c1ccccc1)c1ccc(-c2ccnc(-c3[c-]c(-c4cccc5c4nc(-c4ccccc4O)n5-c4ccccc4)c4c(c3)oc3ccccc34)c2)cc1.[Pt]. The second kappa shape index (κ2) is 14.5. The molecule has 0 fully saturated rings. The Morgan fingerprint density at radius 2 is 1.32 bits per heavy atom. The topological polar surface area (TPSA) is 64.1 Å². The fraction of sp³-hybridized carbons (Fsp3) is 0.0588. The van der Waals surface area contributed by atoms with Crippen LogP contribution in [-0.2, 0) is 26.5 Å². The number of para-hydroxylation sites is 4. The summed E-state index contributed by atoms with van der Waals surface area (Å²) in [5.41, 5.74) is 12.8. The number of aromatic nitrogens is 3. The summed E-state index contributed by atoms with van der Waals surface area (Å²) in [6, 6.07) is 61.4. The van der Waals surface area contributed by atoms with E-state index in [1.165, 1.54) is 11.1 Å². The second-order valence-electron chi connectivity index (χ2n) is 14.7. The van der Waals surface area contributed by atoms with Crippen LogP contribution in [-0.4, -0.2) is 19.6 Å². The molecule has 3 heterocycles. The number of nitrogens with zero attached hydrogens (tertiary/aromatic N) is 3. The van der Waals surface area contributed by atoms with Crippen LogP contribution in [0.15, 0.2) is 180 Å². The molecule has 0 spiro atoms. The molecule has 0 aliphatic rings. The zero-order valence-electron chi connectivity index (χ0n) is 31.3. The van der Waals surface area contributed by atoms with Gasteiger partial charge in [-0.05, 0) is 75.5 Å². The third-order valence-electron chi connectivity index (χ3n) is 11.0. The Morgan fingerprint density at radius 1 is 0.632 bits per heavy atom. The molecular weight excluding hydrogens is 882 g/mol. The summed E-state index contributed by atoms with van der Waals surface area (Å²) in [6.07, 6.45) is 1.86. The summed E-state index contributed by atoms with van der Waals surface area (Å²) in [4.78, 5) is 10.2. The van der Waals surface area contributed by atoms with Gasteiger partial charge in [-0.2, -0.15) is 0 Å². The van der Waals surface area contributed by atoms with Gasteiger partial charge >= 0.3 is 0 Å². The Labute approximate surface area is 345 Å². The van der Waals surface area contributed by atoms with Crippen LogP contribution in [0.3, 0.4) is 0 Å². The molecule has 0 saturated heterocycles. The van der Waals surface area contributed by atoms with Crippen molar-refractivity contribution >= 4 is 33.0 Å². The molecule has 0 aliphatic carbocycles. The van der Waals surface area contributed by atoms with Gasteiger partial charge in [0.25, 0.3) is 0 Å². The van der Waals surface area contributed by atoms with Crippen molar-refractivity contribution in [1.82, 2.24) is 14.5 Å². The first-order valence-corrected chi connectivity index (χ1v) is 18.8. The quantitative estimate of drug-likeness (QED) is 0.162. The monoisotopic (exact) mass is 917 g/mol. The minimum atomic E-state index is -0.126. The number of imidazole rings is 1. The molecule has 0 saturated carbocycles. The summed E-state index contributed by atoms with van der Waals surface area (Å²) in [6.45, 7) is 4.53. The first kappa shape index (κ1) is 36.1. The van der Waals surface area contributed by atoms with Crippen LogP contribution in [0.5, 0.6) is 5.75 Å². The normalized spacial score (nSPS) is 11.6. The first-order valence-electron chi connectivity index (χ1n) is 18.8. The Kier molecular flexibility index (Phi) is 9.19. The van der Waals surface area contributed by atoms with Crippen LogP contribution >= 0.6 is 0 Å². The number of hydrogen-bond donors (Lipinski definition) is 1. The molecule has 0 radical (unpaired) electrons. The number of rotatable bonds is 7. The average Bonchev–Trinajstić information content (AvgIpc) is 3.83. The number of hydrogen-bond acceptors (Lipinski definition) is 4. The van der Waals surface area contributed by atoms with E-state index in [4.69, 9.17) is 14.4 Å². The van der Waals surface area contributed by atoms with E-state index in [2.05, 4.69) is 128 Å². The Balaban J connectivity index is 0.00000422. The third kappa shape index (κ3) is 6.25. The molecule has 0 amide bonds. The summed E-state index contributed by atoms with van der Waals surface area (Å²) in [5.74, 6) is 0.813. The van der Waals surface area contributed by atoms with Gasteiger partial charge in [-0.15, -0.1) is 11.6 Å². The standard InChI is InChI=1S/C51H36N3O2.Pt/c1-51(2,36-14-5-3-6-15-36)37-26-24-33(25-27-37)34-28-29-52-43(31-34)35-30-42(48-41-19-10-12-23-46(41)56-47(48)32-35)39-20-13-21-44-49(39)53-50(40-18-9-11-22-45(40)55)54(44)38-16-7-4-8-17-38;/h3-29,31-32,55H,1-2H3;/q-1;. The minimum absolute atomic E-state index is 0. The van der Waals surface area contributed by atoms with E-state index in [1.807, 2.05) is 66.9 Å². The number of benzene rings is 7. The van der Waals surface area contributed by atoms with Crippen molar-refractivity contribution in [3.05, 3.63) is 193 Å². The molecule has 278 valence electrons. The Bertz CT molecular complexity index is 3060. The number of phenols is 1. The number of phenolic OH excluding ortho intramolecular Hbond substituents is 1. The fourth-order valence-electron chi connectivity index (χ4n) is 7.97. The predicted octanol–water partition coefficient (Wildman–Crippen LogP) is 12.8. The maximum atomic E-state index is 11.1. The summed E-state index contributed by atoms with van der Waals surface area (Å²) in [5, 5.41) is 13.0. The zero-order chi connectivity index (χ0) is 37.8. The zero-order valence-corrected chi connectivity index (χ0v) is 33.5. The van der Waals surface area contributed by atoms with Crippen molar-refractivity contribution in [2.45, 2.75) is 19.3 Å². The molecule has 10 aromatic rings. The fourth-order valence-corrected chi connectivity index (χ4v) is 7.97. The van der Waals surface area contributed by atoms with Gasteiger partial charge in [0.05, 0.1) is 22.2 Å². The molecule has 1 N–H and O–H groups in total. The van der Waals surface area contributed by atoms with Gasteiger partial charge in [0.15, 0.2) is 0 Å². The van der Waals surface area contributed by atoms with Gasteiger partial charge in [-0.3, -0.25) is 9.55 Å². The van der Waals surface area contributed by atoms with Crippen molar-refractivity contribution < 1.29 is 30.6 Å². The summed E-state index contributed by atoms with van der Waals surface area (Å²) in [7, 11) is 0. The average molecular weight is 918 g/mol. The van der Waals surface area contributed by atoms with E-state index in [-0.39, 0.29) is 32.2 Å². The molecule has 0 bridgehead atoms. The van der Waals surface area contributed by atoms with E-state index < -0.39 is 0 Å². The molecule has 0 atom stereocenters. The van der Waals surface area contributed by atoms with Crippen LogP contribution in [0, 0.1) is 6.07 Å². The van der Waals surface area contributed by atoms with Crippen molar-refractivity contribution in [3.63, 3.8) is 0 Å². The van der Waals surface area contributed by atoms with Crippen LogP contribution in [0.4, 0.5) is 0 Å². The summed E-state index contributed by atoms with van der Waals surface area (Å²) < 4.78 is 8.67. The Morgan fingerprint density at radius 3 is 2.11 bits per heavy atom. The van der Waals surface area contributed by atoms with Crippen LogP contribution in [0.1, 0.15) is 25.0 Å². The molecule has 7 aromatic carbocycles. The van der Waals surface area contributed by atoms with Crippen LogP contribution < -0.4 is 0 Å². The van der Waals surface area contributed by atoms with Gasteiger partial charge in [-0.25, -0.2) is 4.98 Å². The minimum Gasteiger partial charge on any atom is -0.507 e. The number of fused-ring (bicyclic) bond motifs is 4. The first-order chi connectivity index (χ1) is 27.4. The van der Waals surface area contributed by atoms with E-state index in [0.29, 0.717) is 11.4 Å². The summed E-state index contributed by atoms with van der Waals surface area (Å²) >= 11 is 0. The maximum absolute atomic E-state index is 11.1. The van der Waals surface area contributed by atoms with Crippen molar-refractivity contribution in [2.75, 3.05) is 0 Å². The second-order valence-corrected chi connectivity index (χ2v) is 14.7. The largest absolute Gasteiger partial charge is 0.507 e. The number of pyridine rings is 1. The van der Waals surface area contributed by atoms with Crippen molar-refractivity contribution in [3.8, 4) is 56.3 Å².